The van der Waals surface area contributed by atoms with Crippen molar-refractivity contribution in [1.29, 1.82) is 0 Å². The van der Waals surface area contributed by atoms with Gasteiger partial charge in [0.05, 0.1) is 28.1 Å². The predicted octanol–water partition coefficient (Wildman–Crippen LogP) is 7.16. The van der Waals surface area contributed by atoms with Gasteiger partial charge in [0.2, 0.25) is 5.91 Å². The Kier molecular flexibility index (Phi) is 7.15. The van der Waals surface area contributed by atoms with Crippen molar-refractivity contribution in [3.8, 4) is 5.75 Å². The van der Waals surface area contributed by atoms with E-state index < -0.39 is 16.2 Å². The summed E-state index contributed by atoms with van der Waals surface area (Å²) in [6.45, 7) is 1.91. The zero-order valence-corrected chi connectivity index (χ0v) is 19.8. The molecule has 1 N–H and O–H groups in total. The molecule has 160 valence electrons. The van der Waals surface area contributed by atoms with E-state index in [-0.39, 0.29) is 11.7 Å². The van der Waals surface area contributed by atoms with E-state index in [4.69, 9.17) is 62.7 Å². The van der Waals surface area contributed by atoms with E-state index in [0.717, 1.165) is 0 Å². The van der Waals surface area contributed by atoms with Crippen LogP contribution in [0.1, 0.15) is 41.6 Å². The molecule has 1 amide bonds. The van der Waals surface area contributed by atoms with Crippen LogP contribution in [0, 0.1) is 5.92 Å². The van der Waals surface area contributed by atoms with Gasteiger partial charge in [-0.15, -0.1) is 23.2 Å². The van der Waals surface area contributed by atoms with Gasteiger partial charge in [0, 0.05) is 23.6 Å². The highest BCUT2D eigenvalue weighted by molar-refractivity contribution is 6.53. The van der Waals surface area contributed by atoms with Gasteiger partial charge in [0.15, 0.2) is 11.5 Å². The molecule has 0 saturated heterocycles. The van der Waals surface area contributed by atoms with Crippen LogP contribution in [0.15, 0.2) is 30.3 Å². The van der Waals surface area contributed by atoms with Crippen LogP contribution in [0.2, 0.25) is 15.1 Å². The molecule has 0 aliphatic heterocycles. The van der Waals surface area contributed by atoms with Crippen LogP contribution in [-0.2, 0) is 4.79 Å². The fourth-order valence-electron chi connectivity index (χ4n) is 3.42. The molecule has 9 heteroatoms. The Bertz CT molecular complexity index is 985. The van der Waals surface area contributed by atoms with Crippen molar-refractivity contribution in [2.24, 2.45) is 5.92 Å². The van der Waals surface area contributed by atoms with Crippen molar-refractivity contribution in [3.05, 3.63) is 56.5 Å². The first kappa shape index (κ1) is 23.5. The van der Waals surface area contributed by atoms with Crippen LogP contribution in [-0.4, -0.2) is 23.1 Å². The van der Waals surface area contributed by atoms with E-state index in [1.54, 1.807) is 30.3 Å². The van der Waals surface area contributed by atoms with Crippen molar-refractivity contribution in [1.82, 2.24) is 0 Å². The lowest BCUT2D eigenvalue weighted by molar-refractivity contribution is -0.117. The molecule has 1 aliphatic carbocycles. The number of amides is 1. The SMILES string of the molecule is CCCC(=O)c1cc(NC(=O)C2C(c3cc(Cl)c(OC)c(Cl)c3)C2(Cl)Cl)ccc1Cl. The van der Waals surface area contributed by atoms with Crippen molar-refractivity contribution in [2.75, 3.05) is 12.4 Å². The van der Waals surface area contributed by atoms with Gasteiger partial charge in [-0.1, -0.05) is 41.7 Å². The maximum Gasteiger partial charge on any atom is 0.231 e. The number of carbonyl (C=O) groups excluding carboxylic acids is 2. The lowest BCUT2D eigenvalue weighted by atomic mass is 10.1. The minimum atomic E-state index is -1.32. The summed E-state index contributed by atoms with van der Waals surface area (Å²) in [4.78, 5) is 25.1. The summed E-state index contributed by atoms with van der Waals surface area (Å²) in [6, 6.07) is 8.01. The molecule has 0 radical (unpaired) electrons. The van der Waals surface area contributed by atoms with Crippen LogP contribution < -0.4 is 10.1 Å². The maximum absolute atomic E-state index is 12.9. The van der Waals surface area contributed by atoms with Gasteiger partial charge < -0.3 is 10.1 Å². The second-order valence-corrected chi connectivity index (χ2v) is 9.67. The normalized spacial score (nSPS) is 19.3. The fraction of sp³-hybridized carbons (Fsp3) is 0.333. The fourth-order valence-corrected chi connectivity index (χ4v) is 5.13. The summed E-state index contributed by atoms with van der Waals surface area (Å²) >= 11 is 31.4. The molecule has 1 fully saturated rings. The van der Waals surface area contributed by atoms with E-state index in [0.29, 0.717) is 50.5 Å². The van der Waals surface area contributed by atoms with Gasteiger partial charge in [-0.2, -0.15) is 0 Å². The highest BCUT2D eigenvalue weighted by atomic mass is 35.5. The molecule has 0 heterocycles. The molecule has 2 aromatic rings. The molecule has 0 spiro atoms. The lowest BCUT2D eigenvalue weighted by Gasteiger charge is -2.09. The molecule has 3 rings (SSSR count). The number of rotatable bonds is 7. The topological polar surface area (TPSA) is 55.4 Å². The first-order valence-electron chi connectivity index (χ1n) is 9.16. The Balaban J connectivity index is 1.81. The molecule has 2 unspecified atom stereocenters. The lowest BCUT2D eigenvalue weighted by Crippen LogP contribution is -2.17. The van der Waals surface area contributed by atoms with Crippen molar-refractivity contribution < 1.29 is 14.3 Å². The number of carbonyl (C=O) groups is 2. The highest BCUT2D eigenvalue weighted by Gasteiger charge is 2.67. The Morgan fingerprint density at radius 2 is 1.70 bits per heavy atom. The van der Waals surface area contributed by atoms with Crippen LogP contribution >= 0.6 is 58.0 Å². The number of ether oxygens (including phenoxy) is 1. The highest BCUT2D eigenvalue weighted by Crippen LogP contribution is 2.65. The largest absolute Gasteiger partial charge is 0.494 e. The molecular formula is C21H18Cl5NO3. The van der Waals surface area contributed by atoms with Gasteiger partial charge in [-0.25, -0.2) is 0 Å². The van der Waals surface area contributed by atoms with Gasteiger partial charge in [-0.05, 0) is 42.3 Å². The number of hydrogen-bond donors (Lipinski definition) is 1. The van der Waals surface area contributed by atoms with E-state index in [9.17, 15) is 9.59 Å². The van der Waals surface area contributed by atoms with E-state index in [2.05, 4.69) is 5.32 Å². The number of benzene rings is 2. The third-order valence-corrected chi connectivity index (χ3v) is 6.76. The zero-order valence-electron chi connectivity index (χ0n) is 16.1. The Morgan fingerprint density at radius 3 is 2.27 bits per heavy atom. The number of alkyl halides is 2. The average molecular weight is 510 g/mol. The number of halogens is 5. The smallest absolute Gasteiger partial charge is 0.231 e. The molecule has 30 heavy (non-hydrogen) atoms. The summed E-state index contributed by atoms with van der Waals surface area (Å²) in [6.07, 6.45) is 1.07. The number of nitrogens with one attached hydrogen (secondary N) is 1. The van der Waals surface area contributed by atoms with Crippen LogP contribution in [0.4, 0.5) is 5.69 Å². The first-order chi connectivity index (χ1) is 14.1. The average Bonchev–Trinajstić information content (AvgIpc) is 3.25. The molecule has 0 aromatic heterocycles. The standard InChI is InChI=1S/C21H18Cl5NO3/c1-3-4-16(28)12-9-11(5-6-13(12)22)27-20(29)18-17(21(18,25)26)10-7-14(23)19(30-2)15(24)8-10/h5-9,17-18H,3-4H2,1-2H3,(H,27,29). The van der Waals surface area contributed by atoms with Gasteiger partial charge >= 0.3 is 0 Å². The van der Waals surface area contributed by atoms with Crippen LogP contribution in [0.3, 0.4) is 0 Å². The molecule has 1 saturated carbocycles. The summed E-state index contributed by atoms with van der Waals surface area (Å²) in [5, 5.41) is 3.70. The molecule has 2 atom stereocenters. The van der Waals surface area contributed by atoms with Crippen molar-refractivity contribution >= 4 is 75.4 Å². The van der Waals surface area contributed by atoms with E-state index in [1.807, 2.05) is 6.92 Å². The molecule has 1 aliphatic rings. The number of hydrogen-bond acceptors (Lipinski definition) is 3. The number of ketones is 1. The van der Waals surface area contributed by atoms with E-state index in [1.165, 1.54) is 7.11 Å². The van der Waals surface area contributed by atoms with Gasteiger partial charge in [-0.3, -0.25) is 9.59 Å². The second-order valence-electron chi connectivity index (χ2n) is 7.00. The monoisotopic (exact) mass is 507 g/mol. The number of anilines is 1. The molecule has 2 aromatic carbocycles. The molecule has 0 bridgehead atoms. The Labute approximate surface area is 199 Å². The summed E-state index contributed by atoms with van der Waals surface area (Å²) in [7, 11) is 1.46. The summed E-state index contributed by atoms with van der Waals surface area (Å²) in [5.74, 6) is -1.37. The van der Waals surface area contributed by atoms with Crippen LogP contribution in [0.25, 0.3) is 0 Å². The summed E-state index contributed by atoms with van der Waals surface area (Å²) in [5.41, 5.74) is 1.43. The zero-order chi connectivity index (χ0) is 22.2. The first-order valence-corrected chi connectivity index (χ1v) is 11.0. The van der Waals surface area contributed by atoms with Crippen molar-refractivity contribution in [2.45, 2.75) is 30.0 Å². The minimum Gasteiger partial charge on any atom is -0.494 e. The second kappa shape index (κ2) is 9.13. The van der Waals surface area contributed by atoms with E-state index >= 15 is 0 Å². The Morgan fingerprint density at radius 1 is 1.07 bits per heavy atom. The minimum absolute atomic E-state index is 0.0885. The third kappa shape index (κ3) is 4.53. The third-order valence-electron chi connectivity index (χ3n) is 4.93. The van der Waals surface area contributed by atoms with Crippen LogP contribution in [0.5, 0.6) is 5.75 Å². The summed E-state index contributed by atoms with van der Waals surface area (Å²) < 4.78 is 3.83. The number of methoxy groups -OCH3 is 1. The van der Waals surface area contributed by atoms with Gasteiger partial charge in [0.25, 0.3) is 0 Å². The Hall–Kier alpha value is -1.17. The number of Topliss-reactive ketones (excluding diaryl/α,β-unsaturated/α-hetero) is 1. The maximum atomic E-state index is 12.9. The van der Waals surface area contributed by atoms with Gasteiger partial charge in [0.1, 0.15) is 4.33 Å². The molecular weight excluding hydrogens is 492 g/mol. The molecule has 4 nitrogen and oxygen atoms in total. The predicted molar refractivity (Wildman–Crippen MR) is 123 cm³/mol. The van der Waals surface area contributed by atoms with Crippen molar-refractivity contribution in [3.63, 3.8) is 0 Å². The quantitative estimate of drug-likeness (QED) is 0.318.